The van der Waals surface area contributed by atoms with Crippen LogP contribution in [-0.4, -0.2) is 37.2 Å². The van der Waals surface area contributed by atoms with Crippen molar-refractivity contribution in [1.29, 1.82) is 0 Å². The van der Waals surface area contributed by atoms with E-state index in [9.17, 15) is 14.4 Å². The number of allylic oxidation sites excluding steroid dienone is 26. The Morgan fingerprint density at radius 3 is 1.10 bits per heavy atom. The van der Waals surface area contributed by atoms with Crippen LogP contribution in [0.15, 0.2) is 158 Å². The van der Waals surface area contributed by atoms with Crippen molar-refractivity contribution in [2.45, 2.75) is 207 Å². The van der Waals surface area contributed by atoms with Crippen LogP contribution in [0.5, 0.6) is 0 Å². The number of rotatable bonds is 46. The highest BCUT2D eigenvalue weighted by atomic mass is 16.6. The molecule has 0 spiro atoms. The molecule has 69 heavy (non-hydrogen) atoms. The van der Waals surface area contributed by atoms with Crippen LogP contribution in [0.2, 0.25) is 0 Å². The molecule has 1 atom stereocenters. The van der Waals surface area contributed by atoms with E-state index in [0.717, 1.165) is 135 Å². The second-order valence-electron chi connectivity index (χ2n) is 17.1. The molecular weight excluding hydrogens is 853 g/mol. The summed E-state index contributed by atoms with van der Waals surface area (Å²) in [5, 5.41) is 0. The van der Waals surface area contributed by atoms with Gasteiger partial charge in [0.25, 0.3) is 0 Å². The molecule has 0 amide bonds. The lowest BCUT2D eigenvalue weighted by molar-refractivity contribution is -0.166. The fourth-order valence-electron chi connectivity index (χ4n) is 6.61. The molecule has 384 valence electrons. The molecular formula is C63H96O6. The summed E-state index contributed by atoms with van der Waals surface area (Å²) in [7, 11) is 0. The third kappa shape index (κ3) is 53.8. The van der Waals surface area contributed by atoms with Gasteiger partial charge in [-0.25, -0.2) is 0 Å². The van der Waals surface area contributed by atoms with Gasteiger partial charge in [-0.05, 0) is 116 Å². The summed E-state index contributed by atoms with van der Waals surface area (Å²) >= 11 is 0. The van der Waals surface area contributed by atoms with E-state index < -0.39 is 6.10 Å². The predicted octanol–water partition coefficient (Wildman–Crippen LogP) is 18.2. The minimum atomic E-state index is -0.839. The average Bonchev–Trinajstić information content (AvgIpc) is 3.35. The molecule has 0 bridgehead atoms. The maximum atomic E-state index is 12.8. The third-order valence-electron chi connectivity index (χ3n) is 10.6. The van der Waals surface area contributed by atoms with Crippen molar-refractivity contribution in [3.8, 4) is 0 Å². The van der Waals surface area contributed by atoms with Gasteiger partial charge in [0.1, 0.15) is 13.2 Å². The number of unbranched alkanes of at least 4 members (excludes halogenated alkanes) is 12. The molecule has 0 saturated carbocycles. The summed E-state index contributed by atoms with van der Waals surface area (Å²) < 4.78 is 16.7. The fraction of sp³-hybridized carbons (Fsp3) is 0.540. The molecule has 1 unspecified atom stereocenters. The lowest BCUT2D eigenvalue weighted by Gasteiger charge is -2.18. The molecule has 0 fully saturated rings. The molecule has 0 aromatic rings. The Kier molecular flexibility index (Phi) is 51.6. The zero-order chi connectivity index (χ0) is 50.0. The lowest BCUT2D eigenvalue weighted by Crippen LogP contribution is -2.30. The molecule has 0 aliphatic carbocycles. The molecule has 0 heterocycles. The Hall–Kier alpha value is -4.97. The van der Waals surface area contributed by atoms with E-state index in [1.165, 1.54) is 19.3 Å². The van der Waals surface area contributed by atoms with E-state index in [0.29, 0.717) is 12.8 Å². The highest BCUT2D eigenvalue weighted by Crippen LogP contribution is 2.12. The van der Waals surface area contributed by atoms with Crippen LogP contribution in [0, 0.1) is 0 Å². The monoisotopic (exact) mass is 949 g/mol. The zero-order valence-corrected chi connectivity index (χ0v) is 43.8. The number of hydrogen-bond donors (Lipinski definition) is 0. The zero-order valence-electron chi connectivity index (χ0n) is 43.8. The molecule has 0 aromatic heterocycles. The van der Waals surface area contributed by atoms with Crippen LogP contribution in [0.25, 0.3) is 0 Å². The van der Waals surface area contributed by atoms with Crippen molar-refractivity contribution in [3.63, 3.8) is 0 Å². The molecule has 6 heteroatoms. The molecule has 0 saturated heterocycles. The van der Waals surface area contributed by atoms with Gasteiger partial charge < -0.3 is 14.2 Å². The van der Waals surface area contributed by atoms with Crippen LogP contribution in [0.1, 0.15) is 201 Å². The van der Waals surface area contributed by atoms with Gasteiger partial charge in [-0.3, -0.25) is 14.4 Å². The summed E-state index contributed by atoms with van der Waals surface area (Å²) in [4.78, 5) is 38.1. The highest BCUT2D eigenvalue weighted by molar-refractivity contribution is 5.71. The molecule has 0 aromatic carbocycles. The first-order chi connectivity index (χ1) is 34.0. The van der Waals surface area contributed by atoms with Crippen LogP contribution in [-0.2, 0) is 28.6 Å². The standard InChI is InChI=1S/C63H96O6/c1-4-7-10-13-16-19-22-25-28-30-32-34-35-38-41-44-47-50-53-56-62(65)68-59-60(58-67-61(64)55-52-49-46-43-40-37-27-24-21-18-15-12-9-6-3)69-63(66)57-54-51-48-45-42-39-36-33-31-29-26-23-20-17-14-11-8-5-2/h7,9-10,12,16-21,23,25-29,31-34,36-38,41,47,50,60H,4-6,8,11,13-15,22,24,30,35,39-40,42-46,48-49,51-59H2,1-3H3/b10-7-,12-9-,19-16-,20-17-,21-18-,26-23-,28-25-,31-29-,34-32-,36-33-,37-27-,41-38-,50-47-. The summed E-state index contributed by atoms with van der Waals surface area (Å²) in [6.07, 6.45) is 80.9. The van der Waals surface area contributed by atoms with Gasteiger partial charge in [-0.15, -0.1) is 0 Å². The smallest absolute Gasteiger partial charge is 0.306 e. The Bertz CT molecular complexity index is 1610. The van der Waals surface area contributed by atoms with Crippen molar-refractivity contribution in [1.82, 2.24) is 0 Å². The first-order valence-corrected chi connectivity index (χ1v) is 27.0. The van der Waals surface area contributed by atoms with E-state index in [4.69, 9.17) is 14.2 Å². The average molecular weight is 949 g/mol. The van der Waals surface area contributed by atoms with Crippen molar-refractivity contribution in [2.24, 2.45) is 0 Å². The van der Waals surface area contributed by atoms with Gasteiger partial charge in [0.05, 0.1) is 0 Å². The van der Waals surface area contributed by atoms with Gasteiger partial charge >= 0.3 is 17.9 Å². The summed E-state index contributed by atoms with van der Waals surface area (Å²) in [6.45, 7) is 6.24. The molecule has 0 aliphatic rings. The number of carbonyl (C=O) groups excluding carboxylic acids is 3. The Labute approximate surface area is 422 Å². The van der Waals surface area contributed by atoms with Gasteiger partial charge in [0.2, 0.25) is 0 Å². The maximum Gasteiger partial charge on any atom is 0.306 e. The number of carbonyl (C=O) groups is 3. The van der Waals surface area contributed by atoms with Crippen molar-refractivity contribution >= 4 is 17.9 Å². The minimum absolute atomic E-state index is 0.131. The van der Waals surface area contributed by atoms with Crippen LogP contribution in [0.4, 0.5) is 0 Å². The van der Waals surface area contributed by atoms with Gasteiger partial charge in [0.15, 0.2) is 6.10 Å². The molecule has 0 aliphatic heterocycles. The summed E-state index contributed by atoms with van der Waals surface area (Å²) in [6, 6.07) is 0. The number of esters is 3. The van der Waals surface area contributed by atoms with Crippen LogP contribution < -0.4 is 0 Å². The van der Waals surface area contributed by atoms with E-state index in [-0.39, 0.29) is 44.0 Å². The quantitative estimate of drug-likeness (QED) is 0.0199. The first-order valence-electron chi connectivity index (χ1n) is 27.0. The number of hydrogen-bond acceptors (Lipinski definition) is 6. The van der Waals surface area contributed by atoms with Gasteiger partial charge in [-0.2, -0.15) is 0 Å². The third-order valence-corrected chi connectivity index (χ3v) is 10.6. The maximum absolute atomic E-state index is 12.8. The van der Waals surface area contributed by atoms with Gasteiger partial charge in [-0.1, -0.05) is 224 Å². The second kappa shape index (κ2) is 55.6. The van der Waals surface area contributed by atoms with Gasteiger partial charge in [0, 0.05) is 19.3 Å². The van der Waals surface area contributed by atoms with E-state index >= 15 is 0 Å². The lowest BCUT2D eigenvalue weighted by atomic mass is 10.1. The largest absolute Gasteiger partial charge is 0.462 e. The van der Waals surface area contributed by atoms with E-state index in [1.807, 2.05) is 12.2 Å². The second-order valence-corrected chi connectivity index (χ2v) is 17.1. The van der Waals surface area contributed by atoms with Crippen molar-refractivity contribution in [2.75, 3.05) is 13.2 Å². The highest BCUT2D eigenvalue weighted by Gasteiger charge is 2.19. The fourth-order valence-corrected chi connectivity index (χ4v) is 6.61. The van der Waals surface area contributed by atoms with Crippen LogP contribution >= 0.6 is 0 Å². The summed E-state index contributed by atoms with van der Waals surface area (Å²) in [5.74, 6) is -1.07. The predicted molar refractivity (Wildman–Crippen MR) is 297 cm³/mol. The van der Waals surface area contributed by atoms with E-state index in [1.54, 1.807) is 0 Å². The normalized spacial score (nSPS) is 13.4. The molecule has 0 rings (SSSR count). The van der Waals surface area contributed by atoms with Crippen molar-refractivity contribution in [3.05, 3.63) is 158 Å². The summed E-state index contributed by atoms with van der Waals surface area (Å²) in [5.41, 5.74) is 0. The number of ether oxygens (including phenoxy) is 3. The topological polar surface area (TPSA) is 78.9 Å². The van der Waals surface area contributed by atoms with Crippen LogP contribution in [0.3, 0.4) is 0 Å². The molecule has 0 radical (unpaired) electrons. The molecule has 6 nitrogen and oxygen atoms in total. The SMILES string of the molecule is CC/C=C\C/C=C\C/C=C\C/C=C\C/C=C\C/C=C\CCC(=O)OCC(COC(=O)CCCCCC/C=C\C/C=C\C/C=C\CC)OC(=O)CCCCCCC\C=C/C=C\C=C/C=C\CCCCC. The van der Waals surface area contributed by atoms with E-state index in [2.05, 4.69) is 167 Å². The Morgan fingerprint density at radius 1 is 0.319 bits per heavy atom. The molecule has 0 N–H and O–H groups in total. The Morgan fingerprint density at radius 2 is 0.652 bits per heavy atom. The Balaban J connectivity index is 4.62. The first kappa shape index (κ1) is 64.0. The van der Waals surface area contributed by atoms with Crippen molar-refractivity contribution < 1.29 is 28.6 Å². The minimum Gasteiger partial charge on any atom is -0.462 e.